The zero-order chi connectivity index (χ0) is 17.9. The Bertz CT molecular complexity index is 732. The second kappa shape index (κ2) is 7.09. The zero-order valence-electron chi connectivity index (χ0n) is 14.4. The van der Waals surface area contributed by atoms with Gasteiger partial charge in [0.1, 0.15) is 5.54 Å². The van der Waals surface area contributed by atoms with Gasteiger partial charge in [0.25, 0.3) is 0 Å². The molecule has 0 bridgehead atoms. The molecule has 25 heavy (non-hydrogen) atoms. The molecule has 0 unspecified atom stereocenters. The van der Waals surface area contributed by atoms with Crippen LogP contribution in [0.1, 0.15) is 37.7 Å². The lowest BCUT2D eigenvalue weighted by Gasteiger charge is -2.41. The van der Waals surface area contributed by atoms with Gasteiger partial charge in [-0.2, -0.15) is 5.10 Å². The molecule has 6 nitrogen and oxygen atoms in total. The Morgan fingerprint density at radius 3 is 2.44 bits per heavy atom. The number of nitrogens with zero attached hydrogens (tertiary/aromatic N) is 3. The first-order valence-electron chi connectivity index (χ1n) is 8.62. The van der Waals surface area contributed by atoms with E-state index in [1.165, 1.54) is 4.90 Å². The number of carbonyl (C=O) groups excluding carboxylic acids is 1. The quantitative estimate of drug-likeness (QED) is 0.907. The molecule has 132 valence electrons. The number of hydrogen-bond donors (Lipinski definition) is 1. The predicted octanol–water partition coefficient (Wildman–Crippen LogP) is 2.66. The van der Waals surface area contributed by atoms with E-state index in [2.05, 4.69) is 5.10 Å². The molecule has 1 amide bonds. The van der Waals surface area contributed by atoms with Crippen molar-refractivity contribution < 1.29 is 14.7 Å². The van der Waals surface area contributed by atoms with Crippen LogP contribution in [0.4, 0.5) is 0 Å². The molecule has 1 aliphatic carbocycles. The maximum absolute atomic E-state index is 12.7. The van der Waals surface area contributed by atoms with E-state index in [9.17, 15) is 14.7 Å². The fourth-order valence-electron chi connectivity index (χ4n) is 3.55. The monoisotopic (exact) mass is 341 g/mol. The first-order valence-corrected chi connectivity index (χ1v) is 8.62. The van der Waals surface area contributed by atoms with E-state index < -0.39 is 11.5 Å². The van der Waals surface area contributed by atoms with Gasteiger partial charge < -0.3 is 10.0 Å². The number of likely N-dealkylation sites (N-methyl/N-ethyl adjacent to an activating group) is 1. The Labute approximate surface area is 147 Å². The van der Waals surface area contributed by atoms with E-state index in [-0.39, 0.29) is 12.3 Å². The molecule has 6 heteroatoms. The van der Waals surface area contributed by atoms with Gasteiger partial charge in [0.15, 0.2) is 0 Å². The summed E-state index contributed by atoms with van der Waals surface area (Å²) in [4.78, 5) is 26.0. The van der Waals surface area contributed by atoms with Crippen LogP contribution in [0.5, 0.6) is 0 Å². The fourth-order valence-corrected chi connectivity index (χ4v) is 3.55. The van der Waals surface area contributed by atoms with E-state index >= 15 is 0 Å². The van der Waals surface area contributed by atoms with Crippen molar-refractivity contribution in [3.8, 4) is 5.69 Å². The summed E-state index contributed by atoms with van der Waals surface area (Å²) in [6.07, 6.45) is 7.56. The largest absolute Gasteiger partial charge is 0.479 e. The van der Waals surface area contributed by atoms with Crippen LogP contribution in [0.3, 0.4) is 0 Å². The molecular weight excluding hydrogens is 318 g/mol. The highest BCUT2D eigenvalue weighted by Crippen LogP contribution is 2.33. The van der Waals surface area contributed by atoms with Crippen molar-refractivity contribution in [3.05, 3.63) is 48.3 Å². The number of benzene rings is 1. The number of amides is 1. The van der Waals surface area contributed by atoms with E-state index in [4.69, 9.17) is 0 Å². The lowest BCUT2D eigenvalue weighted by molar-refractivity contribution is -0.160. The van der Waals surface area contributed by atoms with Gasteiger partial charge in [0, 0.05) is 19.4 Å². The van der Waals surface area contributed by atoms with Gasteiger partial charge in [-0.1, -0.05) is 31.4 Å². The van der Waals surface area contributed by atoms with Gasteiger partial charge in [-0.05, 0) is 36.6 Å². The Morgan fingerprint density at radius 1 is 1.20 bits per heavy atom. The maximum Gasteiger partial charge on any atom is 0.329 e. The highest BCUT2D eigenvalue weighted by Gasteiger charge is 2.45. The smallest absolute Gasteiger partial charge is 0.329 e. The van der Waals surface area contributed by atoms with Gasteiger partial charge in [-0.15, -0.1) is 0 Å². The molecule has 0 atom stereocenters. The molecule has 2 aromatic rings. The van der Waals surface area contributed by atoms with Crippen LogP contribution in [0.25, 0.3) is 5.69 Å². The average molecular weight is 341 g/mol. The van der Waals surface area contributed by atoms with Gasteiger partial charge >= 0.3 is 5.97 Å². The second-order valence-electron chi connectivity index (χ2n) is 6.64. The highest BCUT2D eigenvalue weighted by molar-refractivity contribution is 5.88. The molecule has 1 aliphatic rings. The average Bonchev–Trinajstić information content (AvgIpc) is 3.16. The summed E-state index contributed by atoms with van der Waals surface area (Å²) in [6, 6.07) is 9.43. The van der Waals surface area contributed by atoms with Crippen LogP contribution in [0, 0.1) is 0 Å². The van der Waals surface area contributed by atoms with Gasteiger partial charge in [0.2, 0.25) is 5.91 Å². The summed E-state index contributed by atoms with van der Waals surface area (Å²) >= 11 is 0. The molecule has 1 fully saturated rings. The Hall–Kier alpha value is -2.63. The standard InChI is InChI=1S/C19H23N3O3/c1-21(19(18(24)25)10-3-2-4-11-19)17(23)14-15-6-8-16(9-7-15)22-13-5-12-20-22/h5-9,12-13H,2-4,10-11,14H2,1H3,(H,24,25). The molecule has 0 radical (unpaired) electrons. The second-order valence-corrected chi connectivity index (χ2v) is 6.64. The lowest BCUT2D eigenvalue weighted by atomic mass is 9.80. The first kappa shape index (κ1) is 17.2. The van der Waals surface area contributed by atoms with Gasteiger partial charge in [-0.25, -0.2) is 9.48 Å². The Kier molecular flexibility index (Phi) is 4.88. The summed E-state index contributed by atoms with van der Waals surface area (Å²) in [5, 5.41) is 13.9. The first-order chi connectivity index (χ1) is 12.0. The van der Waals surface area contributed by atoms with Crippen LogP contribution < -0.4 is 0 Å². The lowest BCUT2D eigenvalue weighted by Crippen LogP contribution is -2.56. The Balaban J connectivity index is 1.71. The number of hydrogen-bond acceptors (Lipinski definition) is 3. The third kappa shape index (κ3) is 3.43. The maximum atomic E-state index is 12.7. The molecule has 1 aromatic carbocycles. The number of rotatable bonds is 5. The topological polar surface area (TPSA) is 75.4 Å². The number of carboxylic acids is 1. The predicted molar refractivity (Wildman–Crippen MR) is 93.5 cm³/mol. The summed E-state index contributed by atoms with van der Waals surface area (Å²) in [6.45, 7) is 0. The molecular formula is C19H23N3O3. The van der Waals surface area contributed by atoms with Crippen molar-refractivity contribution >= 4 is 11.9 Å². The molecule has 0 saturated heterocycles. The minimum atomic E-state index is -1.05. The number of carbonyl (C=O) groups is 2. The van der Waals surface area contributed by atoms with Crippen molar-refractivity contribution in [2.45, 2.75) is 44.1 Å². The number of aromatic nitrogens is 2. The summed E-state index contributed by atoms with van der Waals surface area (Å²) in [5.41, 5.74) is 0.734. The van der Waals surface area contributed by atoms with Crippen molar-refractivity contribution in [3.63, 3.8) is 0 Å². The molecule has 3 rings (SSSR count). The zero-order valence-corrected chi connectivity index (χ0v) is 14.4. The fraction of sp³-hybridized carbons (Fsp3) is 0.421. The molecule has 0 aliphatic heterocycles. The van der Waals surface area contributed by atoms with Gasteiger partial charge in [0.05, 0.1) is 12.1 Å². The highest BCUT2D eigenvalue weighted by atomic mass is 16.4. The van der Waals surface area contributed by atoms with E-state index in [0.717, 1.165) is 30.5 Å². The van der Waals surface area contributed by atoms with Crippen molar-refractivity contribution in [2.75, 3.05) is 7.05 Å². The van der Waals surface area contributed by atoms with Crippen LogP contribution in [-0.2, 0) is 16.0 Å². The normalized spacial score (nSPS) is 16.4. The summed E-state index contributed by atoms with van der Waals surface area (Å²) in [7, 11) is 1.62. The molecule has 0 spiro atoms. The third-order valence-electron chi connectivity index (χ3n) is 5.16. The van der Waals surface area contributed by atoms with Crippen molar-refractivity contribution in [2.24, 2.45) is 0 Å². The van der Waals surface area contributed by atoms with E-state index in [0.29, 0.717) is 12.8 Å². The van der Waals surface area contributed by atoms with E-state index in [1.807, 2.05) is 36.5 Å². The third-order valence-corrected chi connectivity index (χ3v) is 5.16. The summed E-state index contributed by atoms with van der Waals surface area (Å²) < 4.78 is 1.75. The van der Waals surface area contributed by atoms with Crippen molar-refractivity contribution in [1.82, 2.24) is 14.7 Å². The van der Waals surface area contributed by atoms with Crippen LogP contribution in [0.15, 0.2) is 42.7 Å². The molecule has 1 saturated carbocycles. The SMILES string of the molecule is CN(C(=O)Cc1ccc(-n2cccn2)cc1)C1(C(=O)O)CCCCC1. The molecule has 1 aromatic heterocycles. The number of carboxylic acid groups (broad SMARTS) is 1. The van der Waals surface area contributed by atoms with Crippen LogP contribution in [-0.4, -0.2) is 44.3 Å². The molecule has 1 heterocycles. The van der Waals surface area contributed by atoms with E-state index in [1.54, 1.807) is 17.9 Å². The Morgan fingerprint density at radius 2 is 1.88 bits per heavy atom. The van der Waals surface area contributed by atoms with Gasteiger partial charge in [-0.3, -0.25) is 4.79 Å². The minimum absolute atomic E-state index is 0.156. The number of aliphatic carboxylic acids is 1. The summed E-state index contributed by atoms with van der Waals surface area (Å²) in [5.74, 6) is -1.05. The molecule has 1 N–H and O–H groups in total. The van der Waals surface area contributed by atoms with Crippen LogP contribution >= 0.6 is 0 Å². The van der Waals surface area contributed by atoms with Crippen molar-refractivity contribution in [1.29, 1.82) is 0 Å². The van der Waals surface area contributed by atoms with Crippen LogP contribution in [0.2, 0.25) is 0 Å². The minimum Gasteiger partial charge on any atom is -0.479 e.